The van der Waals surface area contributed by atoms with E-state index in [0.29, 0.717) is 30.1 Å². The summed E-state index contributed by atoms with van der Waals surface area (Å²) in [5.41, 5.74) is 1.82. The van der Waals surface area contributed by atoms with Gasteiger partial charge < -0.3 is 19.0 Å². The summed E-state index contributed by atoms with van der Waals surface area (Å²) in [4.78, 5) is 11.4. The van der Waals surface area contributed by atoms with Crippen LogP contribution in [0.3, 0.4) is 0 Å². The Kier molecular flexibility index (Phi) is 6.42. The molecule has 0 spiro atoms. The van der Waals surface area contributed by atoms with Gasteiger partial charge >= 0.3 is 5.63 Å². The monoisotopic (exact) mass is 344 g/mol. The summed E-state index contributed by atoms with van der Waals surface area (Å²) < 4.78 is 16.3. The molecule has 1 atom stereocenters. The van der Waals surface area contributed by atoms with Crippen LogP contribution in [0.1, 0.15) is 26.7 Å². The molecule has 1 aromatic carbocycles. The Morgan fingerprint density at radius 2 is 2.04 bits per heavy atom. The molecule has 5 heteroatoms. The summed E-state index contributed by atoms with van der Waals surface area (Å²) in [5.74, 6) is 0.911. The van der Waals surface area contributed by atoms with Gasteiger partial charge in [0.15, 0.2) is 11.3 Å². The normalized spacial score (nSPS) is 12.9. The Balaban J connectivity index is 2.06. The van der Waals surface area contributed by atoms with Crippen LogP contribution in [0, 0.1) is 0 Å². The zero-order chi connectivity index (χ0) is 18.4. The van der Waals surface area contributed by atoms with Crippen molar-refractivity contribution in [3.8, 4) is 11.5 Å². The number of rotatable bonds is 8. The molecule has 0 radical (unpaired) electrons. The minimum Gasteiger partial charge on any atom is -0.490 e. The maximum Gasteiger partial charge on any atom is 0.336 e. The average Bonchev–Trinajstić information content (AvgIpc) is 2.59. The van der Waals surface area contributed by atoms with Crippen molar-refractivity contribution in [2.45, 2.75) is 32.8 Å². The molecule has 1 N–H and O–H groups in total. The van der Waals surface area contributed by atoms with Gasteiger partial charge in [-0.05, 0) is 51.0 Å². The van der Waals surface area contributed by atoms with E-state index in [0.717, 1.165) is 23.0 Å². The fraction of sp³-hybridized carbons (Fsp3) is 0.350. The van der Waals surface area contributed by atoms with Gasteiger partial charge in [0.2, 0.25) is 5.75 Å². The molecule has 0 fully saturated rings. The van der Waals surface area contributed by atoms with E-state index < -0.39 is 11.7 Å². The largest absolute Gasteiger partial charge is 0.490 e. The van der Waals surface area contributed by atoms with Gasteiger partial charge in [-0.1, -0.05) is 17.7 Å². The second-order valence-electron chi connectivity index (χ2n) is 6.03. The summed E-state index contributed by atoms with van der Waals surface area (Å²) in [6, 6.07) is 6.66. The van der Waals surface area contributed by atoms with Crippen LogP contribution in [0.2, 0.25) is 0 Å². The van der Waals surface area contributed by atoms with E-state index in [1.165, 1.54) is 13.2 Å². The summed E-state index contributed by atoms with van der Waals surface area (Å²) >= 11 is 0. The molecular formula is C20H24O5. The van der Waals surface area contributed by atoms with Gasteiger partial charge in [0.1, 0.15) is 6.61 Å². The molecule has 134 valence electrons. The van der Waals surface area contributed by atoms with Gasteiger partial charge in [0.05, 0.1) is 13.2 Å². The molecule has 0 aliphatic carbocycles. The first-order valence-electron chi connectivity index (χ1n) is 8.15. The van der Waals surface area contributed by atoms with Crippen molar-refractivity contribution in [3.05, 3.63) is 58.5 Å². The Morgan fingerprint density at radius 3 is 2.72 bits per heavy atom. The lowest BCUT2D eigenvalue weighted by Gasteiger charge is -2.12. The minimum absolute atomic E-state index is 0.355. The van der Waals surface area contributed by atoms with Gasteiger partial charge in [-0.2, -0.15) is 0 Å². The lowest BCUT2D eigenvalue weighted by Crippen LogP contribution is -2.07. The number of hydrogen-bond donors (Lipinski definition) is 1. The summed E-state index contributed by atoms with van der Waals surface area (Å²) in [6.07, 6.45) is 2.88. The fourth-order valence-corrected chi connectivity index (χ4v) is 2.38. The number of aliphatic hydroxyl groups excluding tert-OH is 1. The Hall–Kier alpha value is -2.53. The smallest absolute Gasteiger partial charge is 0.336 e. The third-order valence-electron chi connectivity index (χ3n) is 3.96. The van der Waals surface area contributed by atoms with Crippen LogP contribution in [0.5, 0.6) is 11.5 Å². The Bertz CT molecular complexity index is 832. The van der Waals surface area contributed by atoms with Crippen molar-refractivity contribution in [2.24, 2.45) is 0 Å². The van der Waals surface area contributed by atoms with E-state index in [-0.39, 0.29) is 0 Å². The molecule has 0 aliphatic heterocycles. The minimum atomic E-state index is -0.479. The van der Waals surface area contributed by atoms with Crippen molar-refractivity contribution in [2.75, 3.05) is 13.7 Å². The van der Waals surface area contributed by atoms with Gasteiger partial charge in [-0.15, -0.1) is 0 Å². The third-order valence-corrected chi connectivity index (χ3v) is 3.96. The highest BCUT2D eigenvalue weighted by Gasteiger charge is 2.12. The Labute approximate surface area is 147 Å². The molecule has 1 aromatic heterocycles. The van der Waals surface area contributed by atoms with Gasteiger partial charge in [0.25, 0.3) is 0 Å². The van der Waals surface area contributed by atoms with Crippen LogP contribution < -0.4 is 15.1 Å². The van der Waals surface area contributed by atoms with Gasteiger partial charge in [-0.3, -0.25) is 0 Å². The lowest BCUT2D eigenvalue weighted by atomic mass is 10.0. The molecule has 0 aliphatic rings. The van der Waals surface area contributed by atoms with Crippen LogP contribution in [0.15, 0.2) is 57.3 Å². The van der Waals surface area contributed by atoms with Crippen LogP contribution in [0.4, 0.5) is 0 Å². The SMILES string of the molecule is C=C(C)C(O)CC/C(C)=C/COc1ccc2ccc(=O)oc2c1OC. The highest BCUT2D eigenvalue weighted by Crippen LogP contribution is 2.34. The highest BCUT2D eigenvalue weighted by atomic mass is 16.5. The summed E-state index contributed by atoms with van der Waals surface area (Å²) in [6.45, 7) is 7.91. The molecule has 0 saturated carbocycles. The van der Waals surface area contributed by atoms with Gasteiger partial charge in [0, 0.05) is 11.5 Å². The van der Waals surface area contributed by atoms with E-state index in [1.54, 1.807) is 12.1 Å². The van der Waals surface area contributed by atoms with Crippen molar-refractivity contribution in [3.63, 3.8) is 0 Å². The van der Waals surface area contributed by atoms with E-state index in [1.807, 2.05) is 26.0 Å². The van der Waals surface area contributed by atoms with Crippen LogP contribution >= 0.6 is 0 Å². The van der Waals surface area contributed by atoms with Crippen LogP contribution in [0.25, 0.3) is 11.0 Å². The molecule has 0 saturated heterocycles. The van der Waals surface area contributed by atoms with E-state index >= 15 is 0 Å². The highest BCUT2D eigenvalue weighted by molar-refractivity contribution is 5.85. The molecule has 1 unspecified atom stereocenters. The predicted molar refractivity (Wildman–Crippen MR) is 98.3 cm³/mol. The average molecular weight is 344 g/mol. The predicted octanol–water partition coefficient (Wildman–Crippen LogP) is 3.84. The fourth-order valence-electron chi connectivity index (χ4n) is 2.38. The van der Waals surface area contributed by atoms with E-state index in [9.17, 15) is 9.90 Å². The van der Waals surface area contributed by atoms with Crippen molar-refractivity contribution in [1.82, 2.24) is 0 Å². The lowest BCUT2D eigenvalue weighted by molar-refractivity contribution is 0.201. The zero-order valence-corrected chi connectivity index (χ0v) is 14.9. The molecule has 2 rings (SSSR count). The molecule has 0 bridgehead atoms. The number of aliphatic hydroxyl groups is 1. The number of ether oxygens (including phenoxy) is 2. The number of allylic oxidation sites excluding steroid dienone is 1. The molecule has 25 heavy (non-hydrogen) atoms. The second kappa shape index (κ2) is 8.53. The van der Waals surface area contributed by atoms with E-state index in [2.05, 4.69) is 6.58 Å². The maximum absolute atomic E-state index is 11.4. The first kappa shape index (κ1) is 18.8. The third kappa shape index (κ3) is 4.97. The molecule has 2 aromatic rings. The first-order valence-corrected chi connectivity index (χ1v) is 8.15. The quantitative estimate of drug-likeness (QED) is 0.582. The van der Waals surface area contributed by atoms with E-state index in [4.69, 9.17) is 13.9 Å². The molecular weight excluding hydrogens is 320 g/mol. The van der Waals surface area contributed by atoms with Crippen LogP contribution in [-0.4, -0.2) is 24.9 Å². The topological polar surface area (TPSA) is 68.9 Å². The zero-order valence-electron chi connectivity index (χ0n) is 14.9. The van der Waals surface area contributed by atoms with Crippen molar-refractivity contribution in [1.29, 1.82) is 0 Å². The second-order valence-corrected chi connectivity index (χ2v) is 6.03. The Morgan fingerprint density at radius 1 is 1.32 bits per heavy atom. The number of hydrogen-bond acceptors (Lipinski definition) is 5. The summed E-state index contributed by atoms with van der Waals surface area (Å²) in [7, 11) is 1.51. The number of fused-ring (bicyclic) bond motifs is 1. The molecule has 5 nitrogen and oxygen atoms in total. The van der Waals surface area contributed by atoms with Crippen LogP contribution in [-0.2, 0) is 0 Å². The summed E-state index contributed by atoms with van der Waals surface area (Å²) in [5, 5.41) is 10.5. The molecule has 0 amide bonds. The maximum atomic E-state index is 11.4. The van der Waals surface area contributed by atoms with Crippen molar-refractivity contribution < 1.29 is 19.0 Å². The molecule has 1 heterocycles. The van der Waals surface area contributed by atoms with Crippen molar-refractivity contribution >= 4 is 11.0 Å². The number of methoxy groups -OCH3 is 1. The number of benzene rings is 1. The first-order chi connectivity index (χ1) is 11.9. The van der Waals surface area contributed by atoms with Gasteiger partial charge in [-0.25, -0.2) is 4.79 Å². The standard InChI is InChI=1S/C20H24O5/c1-13(2)16(21)8-5-14(3)11-12-24-17-9-6-15-7-10-18(22)25-19(15)20(17)23-4/h6-7,9-11,16,21H,1,5,8,12H2,2-4H3/b14-11+.